The van der Waals surface area contributed by atoms with Crippen molar-refractivity contribution >= 4 is 27.9 Å². The van der Waals surface area contributed by atoms with E-state index in [2.05, 4.69) is 30.9 Å². The number of aromatic amines is 1. The molecular weight excluding hydrogens is 280 g/mol. The zero-order chi connectivity index (χ0) is 12.1. The molecule has 1 rings (SSSR count). The van der Waals surface area contributed by atoms with Gasteiger partial charge in [0.15, 0.2) is 10.6 Å². The Morgan fingerprint density at radius 2 is 2.56 bits per heavy atom. The second-order valence-electron chi connectivity index (χ2n) is 2.74. The van der Waals surface area contributed by atoms with E-state index < -0.39 is 16.3 Å². The molecule has 1 aromatic rings. The number of hydrogen-bond donors (Lipinski definition) is 2. The van der Waals surface area contributed by atoms with Crippen molar-refractivity contribution in [2.75, 3.05) is 6.54 Å². The van der Waals surface area contributed by atoms with Crippen LogP contribution in [0.1, 0.15) is 0 Å². The summed E-state index contributed by atoms with van der Waals surface area (Å²) in [6.45, 7) is 6.56. The zero-order valence-corrected chi connectivity index (χ0v) is 9.51. The lowest BCUT2D eigenvalue weighted by molar-refractivity contribution is -0.111. The van der Waals surface area contributed by atoms with Crippen molar-refractivity contribution < 1.29 is 9.90 Å². The quantitative estimate of drug-likeness (QED) is 0.462. The summed E-state index contributed by atoms with van der Waals surface area (Å²) in [6, 6.07) is 0. The molecule has 7 nitrogen and oxygen atoms in total. The molecule has 0 amide bonds. The highest BCUT2D eigenvalue weighted by atomic mass is 79.9. The number of halogens is 1. The maximum Gasteiger partial charge on any atom is 0.349 e. The Morgan fingerprint density at radius 3 is 3.06 bits per heavy atom. The van der Waals surface area contributed by atoms with Crippen LogP contribution in [-0.4, -0.2) is 38.1 Å². The van der Waals surface area contributed by atoms with Crippen LogP contribution in [-0.2, 0) is 4.79 Å². The van der Waals surface area contributed by atoms with E-state index in [1.54, 1.807) is 0 Å². The number of carbonyl (C=O) groups is 1. The van der Waals surface area contributed by atoms with Gasteiger partial charge in [0.25, 0.3) is 0 Å². The Hall–Kier alpha value is -1.88. The third-order valence-corrected chi connectivity index (χ3v) is 2.30. The second-order valence-corrected chi connectivity index (χ2v) is 3.85. The van der Waals surface area contributed by atoms with Gasteiger partial charge in [-0.2, -0.15) is 9.78 Å². The van der Waals surface area contributed by atoms with Crippen molar-refractivity contribution in [1.82, 2.24) is 9.66 Å². The van der Waals surface area contributed by atoms with Crippen LogP contribution in [0.3, 0.4) is 0 Å². The van der Waals surface area contributed by atoms with Crippen LogP contribution in [0.15, 0.2) is 16.1 Å². The van der Waals surface area contributed by atoms with Gasteiger partial charge in [-0.15, -0.1) is 0 Å². The fourth-order valence-electron chi connectivity index (χ4n) is 0.829. The van der Waals surface area contributed by atoms with E-state index in [0.29, 0.717) is 0 Å². The molecule has 0 aliphatic carbocycles. The van der Waals surface area contributed by atoms with Crippen molar-refractivity contribution in [2.45, 2.75) is 4.83 Å². The van der Waals surface area contributed by atoms with Gasteiger partial charge in [-0.25, -0.2) is 11.4 Å². The van der Waals surface area contributed by atoms with Crippen molar-refractivity contribution in [3.63, 3.8) is 0 Å². The summed E-state index contributed by atoms with van der Waals surface area (Å²) in [5.41, 5.74) is -0.655. The van der Waals surface area contributed by atoms with E-state index in [0.717, 1.165) is 17.1 Å². The lowest BCUT2D eigenvalue weighted by Gasteiger charge is -1.95. The first-order chi connectivity index (χ1) is 7.54. The van der Waals surface area contributed by atoms with Gasteiger partial charge in [0, 0.05) is 0 Å². The number of hydrogen-bond acceptors (Lipinski definition) is 4. The average Bonchev–Trinajstić information content (AvgIpc) is 2.54. The normalized spacial score (nSPS) is 12.5. The van der Waals surface area contributed by atoms with Crippen molar-refractivity contribution in [3.8, 4) is 5.88 Å². The lowest BCUT2D eigenvalue weighted by Crippen LogP contribution is -2.19. The Bertz CT molecular complexity index is 510. The molecule has 16 heavy (non-hydrogen) atoms. The van der Waals surface area contributed by atoms with Crippen LogP contribution in [0.4, 0.5) is 0 Å². The predicted molar refractivity (Wildman–Crippen MR) is 59.8 cm³/mol. The molecule has 0 aromatic carbocycles. The van der Waals surface area contributed by atoms with E-state index in [1.807, 2.05) is 0 Å². The number of nitrogens with zero attached hydrogens (tertiary/aromatic N) is 3. The maximum atomic E-state index is 11.3. The molecule has 0 fully saturated rings. The molecule has 0 saturated heterocycles. The molecule has 2 N–H and O–H groups in total. The Balaban J connectivity index is 2.75. The molecule has 1 aromatic heterocycles. The summed E-state index contributed by atoms with van der Waals surface area (Å²) in [7, 11) is 0. The molecule has 0 radical (unpaired) electrons. The average molecular weight is 287 g/mol. The van der Waals surface area contributed by atoms with Gasteiger partial charge in [-0.05, 0) is 0 Å². The number of alkyl halides is 1. The van der Waals surface area contributed by atoms with E-state index >= 15 is 0 Å². The third kappa shape index (κ3) is 3.06. The molecule has 84 valence electrons. The molecule has 0 aliphatic heterocycles. The van der Waals surface area contributed by atoms with Crippen molar-refractivity contribution in [1.29, 1.82) is 0 Å². The van der Waals surface area contributed by atoms with Gasteiger partial charge in [-0.3, -0.25) is 9.78 Å². The first-order valence-corrected chi connectivity index (χ1v) is 5.02. The first kappa shape index (κ1) is 12.2. The molecule has 0 spiro atoms. The number of carbonyl (C=O) groups excluding carboxylic acids is 1. The fourth-order valence-corrected chi connectivity index (χ4v) is 1.09. The largest absolute Gasteiger partial charge is 0.493 e. The van der Waals surface area contributed by atoms with Crippen LogP contribution in [0.2, 0.25) is 0 Å². The van der Waals surface area contributed by atoms with Gasteiger partial charge in [0.2, 0.25) is 12.4 Å². The lowest BCUT2D eigenvalue weighted by atomic mass is 10.3. The Morgan fingerprint density at radius 1 is 1.88 bits per heavy atom. The molecule has 1 heterocycles. The van der Waals surface area contributed by atoms with Gasteiger partial charge in [0.1, 0.15) is 0 Å². The summed E-state index contributed by atoms with van der Waals surface area (Å²) in [5, 5.41) is 12.4. The summed E-state index contributed by atoms with van der Waals surface area (Å²) in [5.74, 6) is -0.769. The highest BCUT2D eigenvalue weighted by Crippen LogP contribution is 2.01. The van der Waals surface area contributed by atoms with E-state index in [-0.39, 0.29) is 12.4 Å². The first-order valence-electron chi connectivity index (χ1n) is 4.10. The molecule has 8 heteroatoms. The minimum absolute atomic E-state index is 0.00185. The minimum Gasteiger partial charge on any atom is -0.493 e. The SMILES string of the molecule is [C-]#[N+]CC(Br)C(=O)C=Nn1cc(O)[nH]c1=O. The van der Waals surface area contributed by atoms with Crippen LogP contribution >= 0.6 is 15.9 Å². The van der Waals surface area contributed by atoms with Crippen LogP contribution in [0, 0.1) is 6.57 Å². The summed E-state index contributed by atoms with van der Waals surface area (Å²) in [4.78, 5) is 26.8. The van der Waals surface area contributed by atoms with Crippen LogP contribution in [0.5, 0.6) is 5.88 Å². The number of aromatic hydroxyl groups is 1. The standard InChI is InChI=1S/C8H7BrN4O3/c1-10-2-5(9)6(14)3-11-13-4-7(15)12-8(13)16/h3-5,15H,2H2,(H,12,16). The van der Waals surface area contributed by atoms with E-state index in [9.17, 15) is 9.59 Å². The van der Waals surface area contributed by atoms with Crippen molar-refractivity contribution in [2.24, 2.45) is 5.10 Å². The summed E-state index contributed by atoms with van der Waals surface area (Å²) in [6.07, 6.45) is 1.95. The number of H-pyrrole nitrogens is 1. The van der Waals surface area contributed by atoms with Crippen LogP contribution in [0.25, 0.3) is 4.85 Å². The molecule has 0 aliphatic rings. The Labute approximate surface area is 98.3 Å². The molecule has 0 bridgehead atoms. The van der Waals surface area contributed by atoms with Crippen molar-refractivity contribution in [3.05, 3.63) is 28.1 Å². The predicted octanol–water partition coefficient (Wildman–Crippen LogP) is -0.0322. The number of imidazole rings is 1. The smallest absolute Gasteiger partial charge is 0.349 e. The second kappa shape index (κ2) is 5.27. The molecule has 1 unspecified atom stereocenters. The van der Waals surface area contributed by atoms with E-state index in [4.69, 9.17) is 11.7 Å². The van der Waals surface area contributed by atoms with Gasteiger partial charge in [0.05, 0.1) is 12.4 Å². The number of Topliss-reactive ketones (excluding diaryl/α,β-unsaturated/α-hetero) is 1. The van der Waals surface area contributed by atoms with Gasteiger partial charge < -0.3 is 9.95 Å². The van der Waals surface area contributed by atoms with Crippen LogP contribution < -0.4 is 5.69 Å². The highest BCUT2D eigenvalue weighted by Gasteiger charge is 2.15. The summed E-state index contributed by atoms with van der Waals surface area (Å²) >= 11 is 3.00. The van der Waals surface area contributed by atoms with E-state index in [1.165, 1.54) is 0 Å². The summed E-state index contributed by atoms with van der Waals surface area (Å²) < 4.78 is 0.783. The van der Waals surface area contributed by atoms with Gasteiger partial charge >= 0.3 is 5.69 Å². The van der Waals surface area contributed by atoms with Gasteiger partial charge in [-0.1, -0.05) is 15.9 Å². The minimum atomic E-state index is -0.655. The zero-order valence-electron chi connectivity index (χ0n) is 7.92. The maximum absolute atomic E-state index is 11.3. The molecule has 0 saturated carbocycles. The number of nitrogens with one attached hydrogen (secondary N) is 1. The number of rotatable bonds is 4. The number of ketones is 1. The highest BCUT2D eigenvalue weighted by molar-refractivity contribution is 9.10. The monoisotopic (exact) mass is 286 g/mol. The third-order valence-electron chi connectivity index (χ3n) is 1.56. The number of aromatic nitrogens is 2. The molecule has 1 atom stereocenters. The Kier molecular flexibility index (Phi) is 4.02. The fraction of sp³-hybridized carbons (Fsp3) is 0.250. The topological polar surface area (TPSA) is 91.8 Å². The molecular formula is C8H7BrN4O3.